The van der Waals surface area contributed by atoms with Gasteiger partial charge in [-0.3, -0.25) is 14.4 Å². The molecular weight excluding hydrogens is 521 g/mol. The number of carbonyl (C=O) groups is 3. The van der Waals surface area contributed by atoms with Crippen LogP contribution in [0.1, 0.15) is 62.4 Å². The van der Waals surface area contributed by atoms with Crippen LogP contribution in [0.2, 0.25) is 10.0 Å². The molecule has 0 fully saturated rings. The smallest absolute Gasteiger partial charge is 0.258 e. The minimum Gasteiger partial charge on any atom is -0.352 e. The maximum absolute atomic E-state index is 13.7. The van der Waals surface area contributed by atoms with E-state index in [-0.39, 0.29) is 36.7 Å². The summed E-state index contributed by atoms with van der Waals surface area (Å²) in [4.78, 5) is 43.3. The molecule has 1 N–H and O–H groups in total. The van der Waals surface area contributed by atoms with Crippen molar-refractivity contribution in [1.82, 2.24) is 10.2 Å². The number of nitrogens with zero attached hydrogens (tertiary/aromatic N) is 2. The third kappa shape index (κ3) is 5.67. The number of nitrogens with one attached hydrogen (secondary N) is 1. The molecule has 0 saturated heterocycles. The fourth-order valence-electron chi connectivity index (χ4n) is 4.95. The Morgan fingerprint density at radius 1 is 0.974 bits per heavy atom. The zero-order valence-corrected chi connectivity index (χ0v) is 23.5. The first-order valence-corrected chi connectivity index (χ1v) is 13.9. The molecule has 4 rings (SSSR count). The fourth-order valence-corrected chi connectivity index (χ4v) is 5.46. The van der Waals surface area contributed by atoms with Crippen molar-refractivity contribution in [2.75, 3.05) is 11.4 Å². The molecule has 2 atom stereocenters. The number of hydrogen-bond acceptors (Lipinski definition) is 3. The van der Waals surface area contributed by atoms with E-state index in [0.29, 0.717) is 40.6 Å². The number of hydrogen-bond donors (Lipinski definition) is 1. The van der Waals surface area contributed by atoms with Crippen LogP contribution in [0, 0.1) is 0 Å². The summed E-state index contributed by atoms with van der Waals surface area (Å²) in [6.07, 6.45) is 1.85. The average molecular weight is 555 g/mol. The summed E-state index contributed by atoms with van der Waals surface area (Å²) < 4.78 is 0. The molecule has 8 heteroatoms. The second-order valence-electron chi connectivity index (χ2n) is 9.70. The average Bonchev–Trinajstić information content (AvgIpc) is 3.18. The lowest BCUT2D eigenvalue weighted by molar-refractivity contribution is -0.141. The number of halogens is 2. The summed E-state index contributed by atoms with van der Waals surface area (Å²) in [5, 5.41) is 5.87. The highest BCUT2D eigenvalue weighted by Crippen LogP contribution is 2.37. The zero-order chi connectivity index (χ0) is 27.4. The molecule has 6 nitrogen and oxygen atoms in total. The standard InChI is InChI=1S/C30H33Cl2N3O3/c1-4-19(3)33-29(37)25(5-2)35(18-22-23(31)13-8-14-24(22)32)27(36)16-9-17-34-26-15-7-11-20-10-6-12-21(28(20)26)30(34)38/h6-8,10-15,19,25H,4-5,9,16-18H2,1-3H3,(H,33,37)/t19-,25-/m0/s1. The molecule has 200 valence electrons. The summed E-state index contributed by atoms with van der Waals surface area (Å²) in [7, 11) is 0. The van der Waals surface area contributed by atoms with Gasteiger partial charge in [0.15, 0.2) is 0 Å². The SMILES string of the molecule is CC[C@H](C)NC(=O)[C@H](CC)N(Cc1c(Cl)cccc1Cl)C(=O)CCCN1C(=O)c2cccc3cccc1c23. The lowest BCUT2D eigenvalue weighted by atomic mass is 10.1. The molecule has 1 aliphatic heterocycles. The fraction of sp³-hybridized carbons (Fsp3) is 0.367. The first-order chi connectivity index (χ1) is 18.3. The van der Waals surface area contributed by atoms with Gasteiger partial charge in [0.2, 0.25) is 11.8 Å². The number of benzene rings is 3. The molecule has 0 bridgehead atoms. The van der Waals surface area contributed by atoms with Crippen molar-refractivity contribution in [3.8, 4) is 0 Å². The predicted molar refractivity (Wildman–Crippen MR) is 154 cm³/mol. The molecule has 0 saturated carbocycles. The number of carbonyl (C=O) groups excluding carboxylic acids is 3. The van der Waals surface area contributed by atoms with Gasteiger partial charge in [-0.1, -0.05) is 67.4 Å². The minimum atomic E-state index is -0.671. The van der Waals surface area contributed by atoms with E-state index >= 15 is 0 Å². The Morgan fingerprint density at radius 3 is 2.29 bits per heavy atom. The van der Waals surface area contributed by atoms with Crippen LogP contribution in [-0.2, 0) is 16.1 Å². The lowest BCUT2D eigenvalue weighted by Crippen LogP contribution is -2.50. The second kappa shape index (κ2) is 12.2. The van der Waals surface area contributed by atoms with Crippen molar-refractivity contribution in [3.05, 3.63) is 75.8 Å². The quantitative estimate of drug-likeness (QED) is 0.290. The molecule has 38 heavy (non-hydrogen) atoms. The van der Waals surface area contributed by atoms with Gasteiger partial charge in [-0.15, -0.1) is 0 Å². The van der Waals surface area contributed by atoms with E-state index < -0.39 is 6.04 Å². The van der Waals surface area contributed by atoms with Crippen LogP contribution in [0.3, 0.4) is 0 Å². The summed E-state index contributed by atoms with van der Waals surface area (Å²) in [6.45, 7) is 6.34. The number of amides is 3. The number of anilines is 1. The molecule has 0 aliphatic carbocycles. The third-order valence-electron chi connectivity index (χ3n) is 7.20. The first-order valence-electron chi connectivity index (χ1n) is 13.1. The molecule has 1 heterocycles. The highest BCUT2D eigenvalue weighted by Gasteiger charge is 2.32. The Hall–Kier alpha value is -3.09. The number of rotatable bonds is 11. The van der Waals surface area contributed by atoms with Crippen LogP contribution in [0.25, 0.3) is 10.8 Å². The van der Waals surface area contributed by atoms with E-state index in [1.807, 2.05) is 57.2 Å². The summed E-state index contributed by atoms with van der Waals surface area (Å²) in [6, 6.07) is 16.1. The van der Waals surface area contributed by atoms with Gasteiger partial charge in [-0.05, 0) is 55.8 Å². The van der Waals surface area contributed by atoms with Crippen LogP contribution < -0.4 is 10.2 Å². The Bertz CT molecular complexity index is 1330. The maximum Gasteiger partial charge on any atom is 0.258 e. The molecule has 0 unspecified atom stereocenters. The predicted octanol–water partition coefficient (Wildman–Crippen LogP) is 6.61. The molecule has 0 aromatic heterocycles. The highest BCUT2D eigenvalue weighted by atomic mass is 35.5. The first kappa shape index (κ1) is 27.9. The van der Waals surface area contributed by atoms with Gasteiger partial charge < -0.3 is 15.1 Å². The van der Waals surface area contributed by atoms with Crippen molar-refractivity contribution < 1.29 is 14.4 Å². The molecule has 0 spiro atoms. The third-order valence-corrected chi connectivity index (χ3v) is 7.91. The molecule has 3 amide bonds. The van der Waals surface area contributed by atoms with E-state index in [2.05, 4.69) is 5.32 Å². The Kier molecular flexibility index (Phi) is 8.95. The largest absolute Gasteiger partial charge is 0.352 e. The second-order valence-corrected chi connectivity index (χ2v) is 10.5. The minimum absolute atomic E-state index is 0.0112. The normalized spacial score (nSPS) is 14.0. The van der Waals surface area contributed by atoms with Crippen LogP contribution in [0.5, 0.6) is 0 Å². The van der Waals surface area contributed by atoms with Gasteiger partial charge in [-0.2, -0.15) is 0 Å². The van der Waals surface area contributed by atoms with Gasteiger partial charge in [0.25, 0.3) is 5.91 Å². The van der Waals surface area contributed by atoms with Crippen LogP contribution >= 0.6 is 23.2 Å². The van der Waals surface area contributed by atoms with E-state index in [1.165, 1.54) is 0 Å². The monoisotopic (exact) mass is 553 g/mol. The van der Waals surface area contributed by atoms with Gasteiger partial charge >= 0.3 is 0 Å². The highest BCUT2D eigenvalue weighted by molar-refractivity contribution is 6.36. The Balaban J connectivity index is 1.52. The van der Waals surface area contributed by atoms with E-state index in [1.54, 1.807) is 28.0 Å². The molecular formula is C30H33Cl2N3O3. The van der Waals surface area contributed by atoms with Crippen molar-refractivity contribution in [2.24, 2.45) is 0 Å². The van der Waals surface area contributed by atoms with Gasteiger partial charge in [-0.25, -0.2) is 0 Å². The maximum atomic E-state index is 13.7. The Labute approximate surface area is 233 Å². The zero-order valence-electron chi connectivity index (χ0n) is 22.0. The van der Waals surface area contributed by atoms with E-state index in [0.717, 1.165) is 22.9 Å². The molecule has 3 aromatic rings. The molecule has 1 aliphatic rings. The van der Waals surface area contributed by atoms with E-state index in [4.69, 9.17) is 23.2 Å². The van der Waals surface area contributed by atoms with Crippen LogP contribution in [0.15, 0.2) is 54.6 Å². The summed E-state index contributed by atoms with van der Waals surface area (Å²) >= 11 is 12.9. The van der Waals surface area contributed by atoms with Crippen LogP contribution in [0.4, 0.5) is 5.69 Å². The van der Waals surface area contributed by atoms with Crippen LogP contribution in [-0.4, -0.2) is 41.2 Å². The Morgan fingerprint density at radius 2 is 1.63 bits per heavy atom. The van der Waals surface area contributed by atoms with Crippen molar-refractivity contribution >= 4 is 57.4 Å². The van der Waals surface area contributed by atoms with Gasteiger partial charge in [0.1, 0.15) is 6.04 Å². The van der Waals surface area contributed by atoms with Crippen molar-refractivity contribution in [2.45, 2.75) is 65.1 Å². The van der Waals surface area contributed by atoms with Gasteiger partial charge in [0, 0.05) is 52.1 Å². The molecule has 3 aromatic carbocycles. The van der Waals surface area contributed by atoms with Crippen molar-refractivity contribution in [1.29, 1.82) is 0 Å². The molecule has 0 radical (unpaired) electrons. The van der Waals surface area contributed by atoms with Gasteiger partial charge in [0.05, 0.1) is 5.69 Å². The van der Waals surface area contributed by atoms with Crippen molar-refractivity contribution in [3.63, 3.8) is 0 Å². The topological polar surface area (TPSA) is 69.7 Å². The summed E-state index contributed by atoms with van der Waals surface area (Å²) in [5.74, 6) is -0.437. The lowest BCUT2D eigenvalue weighted by Gasteiger charge is -2.32. The van der Waals surface area contributed by atoms with E-state index in [9.17, 15) is 14.4 Å². The summed E-state index contributed by atoms with van der Waals surface area (Å²) in [5.41, 5.74) is 2.16.